The SMILES string of the molecule is O=C(c1cnc(CN2CCCC2)s1)N1CCn2nc([C@H](O)CO)cc2C1. The predicted octanol–water partition coefficient (Wildman–Crippen LogP) is 0.617. The molecule has 2 aliphatic heterocycles. The number of hydrogen-bond acceptors (Lipinski definition) is 7. The van der Waals surface area contributed by atoms with Gasteiger partial charge in [0.05, 0.1) is 43.8 Å². The minimum Gasteiger partial charge on any atom is -0.393 e. The summed E-state index contributed by atoms with van der Waals surface area (Å²) in [4.78, 5) is 22.1. The van der Waals surface area contributed by atoms with Gasteiger partial charge in [-0.15, -0.1) is 11.3 Å². The Kier molecular flexibility index (Phi) is 5.03. The number of hydrogen-bond donors (Lipinski definition) is 2. The maximum atomic E-state index is 12.8. The summed E-state index contributed by atoms with van der Waals surface area (Å²) >= 11 is 1.48. The van der Waals surface area contributed by atoms with E-state index in [1.54, 1.807) is 21.8 Å². The second kappa shape index (κ2) is 7.43. The van der Waals surface area contributed by atoms with Crippen LogP contribution in [0.3, 0.4) is 0 Å². The average Bonchev–Trinajstić information content (AvgIpc) is 3.40. The fraction of sp³-hybridized carbons (Fsp3) is 0.588. The summed E-state index contributed by atoms with van der Waals surface area (Å²) in [6.45, 7) is 4.29. The maximum absolute atomic E-state index is 12.8. The Labute approximate surface area is 155 Å². The molecule has 1 saturated heterocycles. The monoisotopic (exact) mass is 377 g/mol. The van der Waals surface area contributed by atoms with Crippen LogP contribution in [0.15, 0.2) is 12.3 Å². The molecule has 0 unspecified atom stereocenters. The number of aromatic nitrogens is 3. The van der Waals surface area contributed by atoms with Crippen molar-refractivity contribution in [3.63, 3.8) is 0 Å². The molecule has 1 fully saturated rings. The first-order valence-electron chi connectivity index (χ1n) is 8.96. The number of carbonyl (C=O) groups is 1. The lowest BCUT2D eigenvalue weighted by atomic mass is 10.2. The van der Waals surface area contributed by atoms with Gasteiger partial charge in [0.1, 0.15) is 16.0 Å². The Morgan fingerprint density at radius 3 is 2.85 bits per heavy atom. The van der Waals surface area contributed by atoms with Crippen LogP contribution in [-0.2, 0) is 19.6 Å². The summed E-state index contributed by atoms with van der Waals surface area (Å²) in [6, 6.07) is 1.76. The van der Waals surface area contributed by atoms with Gasteiger partial charge in [-0.2, -0.15) is 5.10 Å². The van der Waals surface area contributed by atoms with E-state index in [4.69, 9.17) is 5.11 Å². The Morgan fingerprint density at radius 2 is 2.08 bits per heavy atom. The number of amides is 1. The summed E-state index contributed by atoms with van der Waals surface area (Å²) in [5.41, 5.74) is 1.32. The molecule has 1 atom stereocenters. The highest BCUT2D eigenvalue weighted by Crippen LogP contribution is 2.23. The zero-order chi connectivity index (χ0) is 18.1. The van der Waals surface area contributed by atoms with Crippen LogP contribution in [0.4, 0.5) is 0 Å². The molecule has 4 heterocycles. The molecule has 2 aromatic heterocycles. The van der Waals surface area contributed by atoms with Crippen molar-refractivity contribution in [1.29, 1.82) is 0 Å². The minimum absolute atomic E-state index is 0.00752. The number of likely N-dealkylation sites (tertiary alicyclic amines) is 1. The van der Waals surface area contributed by atoms with Crippen molar-refractivity contribution in [2.75, 3.05) is 26.2 Å². The Balaban J connectivity index is 1.42. The summed E-state index contributed by atoms with van der Waals surface area (Å²) in [6.07, 6.45) is 3.19. The molecule has 1 amide bonds. The topological polar surface area (TPSA) is 94.7 Å². The standard InChI is InChI=1S/C17H23N5O3S/c23-11-14(24)13-7-12-9-21(5-6-22(12)19-13)17(25)15-8-18-16(26-15)10-20-3-1-2-4-20/h7-8,14,23-24H,1-6,9-11H2/t14-/m1/s1. The van der Waals surface area contributed by atoms with Gasteiger partial charge in [0.15, 0.2) is 0 Å². The first-order chi connectivity index (χ1) is 12.6. The summed E-state index contributed by atoms with van der Waals surface area (Å²) in [5.74, 6) is -0.00752. The second-order valence-electron chi connectivity index (χ2n) is 6.81. The quantitative estimate of drug-likeness (QED) is 0.793. The molecule has 2 aliphatic rings. The molecule has 9 heteroatoms. The first-order valence-corrected chi connectivity index (χ1v) is 9.77. The number of thiazole rings is 1. The molecule has 0 saturated carbocycles. The van der Waals surface area contributed by atoms with E-state index >= 15 is 0 Å². The van der Waals surface area contributed by atoms with E-state index in [1.165, 1.54) is 24.2 Å². The van der Waals surface area contributed by atoms with Gasteiger partial charge < -0.3 is 15.1 Å². The van der Waals surface area contributed by atoms with Gasteiger partial charge in [-0.25, -0.2) is 4.98 Å². The number of rotatable bonds is 5. The lowest BCUT2D eigenvalue weighted by molar-refractivity contribution is 0.0709. The molecule has 0 spiro atoms. The van der Waals surface area contributed by atoms with E-state index in [2.05, 4.69) is 15.0 Å². The van der Waals surface area contributed by atoms with E-state index in [-0.39, 0.29) is 12.5 Å². The largest absolute Gasteiger partial charge is 0.393 e. The number of carbonyl (C=O) groups excluding carboxylic acids is 1. The van der Waals surface area contributed by atoms with Crippen molar-refractivity contribution >= 4 is 17.2 Å². The highest BCUT2D eigenvalue weighted by molar-refractivity contribution is 7.13. The number of fused-ring (bicyclic) bond motifs is 1. The highest BCUT2D eigenvalue weighted by Gasteiger charge is 2.26. The molecule has 4 rings (SSSR count). The third kappa shape index (κ3) is 3.52. The molecule has 8 nitrogen and oxygen atoms in total. The van der Waals surface area contributed by atoms with Crippen LogP contribution in [-0.4, -0.2) is 66.9 Å². The first kappa shape index (κ1) is 17.6. The van der Waals surface area contributed by atoms with Crippen LogP contribution < -0.4 is 0 Å². The van der Waals surface area contributed by atoms with Gasteiger partial charge in [-0.1, -0.05) is 0 Å². The molecule has 0 radical (unpaired) electrons. The third-order valence-electron chi connectivity index (χ3n) is 4.94. The fourth-order valence-electron chi connectivity index (χ4n) is 3.49. The molecule has 26 heavy (non-hydrogen) atoms. The number of aliphatic hydroxyl groups is 2. The Hall–Kier alpha value is -1.81. The minimum atomic E-state index is -0.980. The summed E-state index contributed by atoms with van der Waals surface area (Å²) < 4.78 is 1.80. The lowest BCUT2D eigenvalue weighted by Gasteiger charge is -2.27. The molecular weight excluding hydrogens is 354 g/mol. The average molecular weight is 377 g/mol. The van der Waals surface area contributed by atoms with Crippen molar-refractivity contribution in [3.05, 3.63) is 33.5 Å². The van der Waals surface area contributed by atoms with Crippen LogP contribution in [0.5, 0.6) is 0 Å². The van der Waals surface area contributed by atoms with Gasteiger partial charge in [0, 0.05) is 6.54 Å². The molecule has 140 valence electrons. The summed E-state index contributed by atoms with van der Waals surface area (Å²) in [7, 11) is 0. The third-order valence-corrected chi connectivity index (χ3v) is 5.91. The molecular formula is C17H23N5O3S. The van der Waals surface area contributed by atoms with Gasteiger partial charge in [-0.05, 0) is 32.0 Å². The number of aliphatic hydroxyl groups excluding tert-OH is 2. The van der Waals surface area contributed by atoms with Gasteiger partial charge in [0.2, 0.25) is 0 Å². The van der Waals surface area contributed by atoms with Gasteiger partial charge in [0.25, 0.3) is 5.91 Å². The van der Waals surface area contributed by atoms with Crippen LogP contribution in [0, 0.1) is 0 Å². The number of nitrogens with zero attached hydrogens (tertiary/aromatic N) is 5. The van der Waals surface area contributed by atoms with Gasteiger partial charge >= 0.3 is 0 Å². The van der Waals surface area contributed by atoms with Crippen LogP contribution >= 0.6 is 11.3 Å². The predicted molar refractivity (Wildman–Crippen MR) is 95.6 cm³/mol. The zero-order valence-corrected chi connectivity index (χ0v) is 15.4. The lowest BCUT2D eigenvalue weighted by Crippen LogP contribution is -2.38. The van der Waals surface area contributed by atoms with Crippen LogP contribution in [0.25, 0.3) is 0 Å². The van der Waals surface area contributed by atoms with Gasteiger partial charge in [-0.3, -0.25) is 14.4 Å². The normalized spacial score (nSPS) is 18.9. The summed E-state index contributed by atoms with van der Waals surface area (Å²) in [5, 5.41) is 24.1. The maximum Gasteiger partial charge on any atom is 0.265 e. The molecule has 0 aromatic carbocycles. The Morgan fingerprint density at radius 1 is 1.27 bits per heavy atom. The smallest absolute Gasteiger partial charge is 0.265 e. The molecule has 0 bridgehead atoms. The fourth-order valence-corrected chi connectivity index (χ4v) is 4.42. The molecule has 2 N–H and O–H groups in total. The van der Waals surface area contributed by atoms with E-state index < -0.39 is 6.10 Å². The van der Waals surface area contributed by atoms with Crippen molar-refractivity contribution in [2.45, 2.75) is 38.6 Å². The molecule has 0 aliphatic carbocycles. The Bertz CT molecular complexity index is 783. The van der Waals surface area contributed by atoms with Crippen LogP contribution in [0.2, 0.25) is 0 Å². The van der Waals surface area contributed by atoms with E-state index in [9.17, 15) is 9.90 Å². The van der Waals surface area contributed by atoms with Crippen molar-refractivity contribution in [1.82, 2.24) is 24.6 Å². The van der Waals surface area contributed by atoms with Crippen molar-refractivity contribution in [2.24, 2.45) is 0 Å². The zero-order valence-electron chi connectivity index (χ0n) is 14.5. The van der Waals surface area contributed by atoms with Crippen LogP contribution in [0.1, 0.15) is 45.0 Å². The second-order valence-corrected chi connectivity index (χ2v) is 7.93. The van der Waals surface area contributed by atoms with E-state index in [1.807, 2.05) is 0 Å². The molecule has 2 aromatic rings. The highest BCUT2D eigenvalue weighted by atomic mass is 32.1. The van der Waals surface area contributed by atoms with E-state index in [0.717, 1.165) is 30.3 Å². The van der Waals surface area contributed by atoms with Crippen molar-refractivity contribution in [3.8, 4) is 0 Å². The van der Waals surface area contributed by atoms with Crippen molar-refractivity contribution < 1.29 is 15.0 Å². The van der Waals surface area contributed by atoms with E-state index in [0.29, 0.717) is 30.2 Å².